The maximum atomic E-state index is 11.9. The van der Waals surface area contributed by atoms with Crippen LogP contribution in [0.4, 0.5) is 0 Å². The Balaban J connectivity index is 0.00000108. The number of hydrogen-bond donors (Lipinski definition) is 2. The number of fused-ring (bicyclic) bond motifs is 2. The summed E-state index contributed by atoms with van der Waals surface area (Å²) in [5.41, 5.74) is 0. The third-order valence-corrected chi connectivity index (χ3v) is 4.76. The first-order chi connectivity index (χ1) is 7.81. The van der Waals surface area contributed by atoms with E-state index in [4.69, 9.17) is 0 Å². The molecule has 3 nitrogen and oxygen atoms in total. The van der Waals surface area contributed by atoms with Gasteiger partial charge >= 0.3 is 0 Å². The van der Waals surface area contributed by atoms with Gasteiger partial charge in [-0.3, -0.25) is 4.79 Å². The van der Waals surface area contributed by atoms with E-state index in [2.05, 4.69) is 10.6 Å². The van der Waals surface area contributed by atoms with Crippen molar-refractivity contribution in [3.8, 4) is 0 Å². The smallest absolute Gasteiger partial charge is 0.220 e. The van der Waals surface area contributed by atoms with Gasteiger partial charge in [-0.15, -0.1) is 12.4 Å². The van der Waals surface area contributed by atoms with E-state index < -0.39 is 0 Å². The molecule has 4 atom stereocenters. The zero-order valence-electron chi connectivity index (χ0n) is 10.3. The van der Waals surface area contributed by atoms with Crippen molar-refractivity contribution in [2.24, 2.45) is 17.8 Å². The first-order valence-electron chi connectivity index (χ1n) is 6.81. The Hall–Kier alpha value is -0.280. The Kier molecular flexibility index (Phi) is 4.31. The van der Waals surface area contributed by atoms with Crippen molar-refractivity contribution >= 4 is 18.3 Å². The lowest BCUT2D eigenvalue weighted by Crippen LogP contribution is -2.37. The average Bonchev–Trinajstić information content (AvgIpc) is 2.92. The fraction of sp³-hybridized carbons (Fsp3) is 0.923. The second-order valence-corrected chi connectivity index (χ2v) is 5.90. The van der Waals surface area contributed by atoms with Crippen LogP contribution in [0.2, 0.25) is 0 Å². The van der Waals surface area contributed by atoms with E-state index in [1.165, 1.54) is 25.7 Å². The zero-order chi connectivity index (χ0) is 11.0. The number of carbonyl (C=O) groups excluding carboxylic acids is 1. The molecule has 3 aliphatic rings. The topological polar surface area (TPSA) is 41.1 Å². The zero-order valence-corrected chi connectivity index (χ0v) is 11.1. The molecule has 4 heteroatoms. The predicted molar refractivity (Wildman–Crippen MR) is 70.2 cm³/mol. The number of nitrogens with one attached hydrogen (secondary N) is 2. The van der Waals surface area contributed by atoms with E-state index in [1.807, 2.05) is 0 Å². The summed E-state index contributed by atoms with van der Waals surface area (Å²) < 4.78 is 0. The van der Waals surface area contributed by atoms with Gasteiger partial charge in [0.15, 0.2) is 0 Å². The number of halogens is 1. The number of carbonyl (C=O) groups is 1. The molecule has 2 N–H and O–H groups in total. The average molecular weight is 259 g/mol. The Bertz CT molecular complexity index is 279. The van der Waals surface area contributed by atoms with Crippen LogP contribution >= 0.6 is 12.4 Å². The van der Waals surface area contributed by atoms with Gasteiger partial charge in [0, 0.05) is 19.0 Å². The minimum absolute atomic E-state index is 0. The molecule has 2 aliphatic carbocycles. The molecule has 0 spiro atoms. The Labute approximate surface area is 110 Å². The molecule has 0 aromatic carbocycles. The number of rotatable bonds is 3. The number of hydrogen-bond acceptors (Lipinski definition) is 2. The van der Waals surface area contributed by atoms with Gasteiger partial charge in [0.05, 0.1) is 0 Å². The standard InChI is InChI=1S/C13H22N2O.ClH/c16-13(15-12-3-4-14-8-12)7-11-6-9-1-2-10(11)5-9;/h9-12,14H,1-8H2,(H,15,16);1H. The quantitative estimate of drug-likeness (QED) is 0.809. The van der Waals surface area contributed by atoms with Gasteiger partial charge in [-0.1, -0.05) is 6.42 Å². The monoisotopic (exact) mass is 258 g/mol. The lowest BCUT2D eigenvalue weighted by atomic mass is 9.86. The molecule has 1 amide bonds. The van der Waals surface area contributed by atoms with Crippen molar-refractivity contribution in [2.75, 3.05) is 13.1 Å². The molecule has 4 unspecified atom stereocenters. The van der Waals surface area contributed by atoms with Crippen molar-refractivity contribution in [3.63, 3.8) is 0 Å². The first-order valence-corrected chi connectivity index (χ1v) is 6.81. The molecule has 1 aliphatic heterocycles. The molecular formula is C13H23ClN2O. The summed E-state index contributed by atoms with van der Waals surface area (Å²) in [5, 5.41) is 6.45. The Morgan fingerprint density at radius 2 is 2.12 bits per heavy atom. The maximum Gasteiger partial charge on any atom is 0.220 e. The maximum absolute atomic E-state index is 11.9. The molecule has 2 bridgehead atoms. The van der Waals surface area contributed by atoms with Crippen LogP contribution in [0, 0.1) is 17.8 Å². The molecule has 98 valence electrons. The van der Waals surface area contributed by atoms with E-state index in [0.717, 1.165) is 37.8 Å². The summed E-state index contributed by atoms with van der Waals surface area (Å²) in [7, 11) is 0. The lowest BCUT2D eigenvalue weighted by Gasteiger charge is -2.21. The molecule has 1 saturated heterocycles. The highest BCUT2D eigenvalue weighted by molar-refractivity contribution is 5.85. The molecule has 3 fully saturated rings. The highest BCUT2D eigenvalue weighted by atomic mass is 35.5. The molecule has 0 radical (unpaired) electrons. The van der Waals surface area contributed by atoms with E-state index >= 15 is 0 Å². The van der Waals surface area contributed by atoms with Crippen LogP contribution < -0.4 is 10.6 Å². The second-order valence-electron chi connectivity index (χ2n) is 5.90. The Morgan fingerprint density at radius 3 is 2.71 bits per heavy atom. The number of amides is 1. The normalized spacial score (nSPS) is 39.1. The highest BCUT2D eigenvalue weighted by Gasteiger charge is 2.40. The second kappa shape index (κ2) is 5.57. The predicted octanol–water partition coefficient (Wildman–Crippen LogP) is 1.71. The van der Waals surface area contributed by atoms with Gasteiger partial charge in [-0.2, -0.15) is 0 Å². The summed E-state index contributed by atoms with van der Waals surface area (Å²) in [6.07, 6.45) is 7.42. The van der Waals surface area contributed by atoms with Crippen LogP contribution in [-0.4, -0.2) is 25.0 Å². The van der Waals surface area contributed by atoms with E-state index in [1.54, 1.807) is 0 Å². The van der Waals surface area contributed by atoms with Crippen molar-refractivity contribution in [1.29, 1.82) is 0 Å². The summed E-state index contributed by atoms with van der Waals surface area (Å²) in [5.74, 6) is 2.83. The minimum Gasteiger partial charge on any atom is -0.352 e. The third kappa shape index (κ3) is 2.94. The van der Waals surface area contributed by atoms with Gasteiger partial charge < -0.3 is 10.6 Å². The molecule has 2 saturated carbocycles. The molecule has 1 heterocycles. The summed E-state index contributed by atoms with van der Waals surface area (Å²) in [6, 6.07) is 0.395. The summed E-state index contributed by atoms with van der Waals surface area (Å²) in [6.45, 7) is 2.02. The third-order valence-electron chi connectivity index (χ3n) is 4.76. The van der Waals surface area contributed by atoms with Crippen LogP contribution in [0.15, 0.2) is 0 Å². The van der Waals surface area contributed by atoms with E-state index in [-0.39, 0.29) is 12.4 Å². The van der Waals surface area contributed by atoms with Crippen LogP contribution in [0.3, 0.4) is 0 Å². The van der Waals surface area contributed by atoms with Gasteiger partial charge in [0.2, 0.25) is 5.91 Å². The van der Waals surface area contributed by atoms with Crippen molar-refractivity contribution in [2.45, 2.75) is 44.6 Å². The largest absolute Gasteiger partial charge is 0.352 e. The van der Waals surface area contributed by atoms with Crippen LogP contribution in [0.1, 0.15) is 38.5 Å². The molecule has 3 rings (SSSR count). The molecule has 17 heavy (non-hydrogen) atoms. The van der Waals surface area contributed by atoms with Gasteiger partial charge in [0.25, 0.3) is 0 Å². The highest BCUT2D eigenvalue weighted by Crippen LogP contribution is 2.49. The van der Waals surface area contributed by atoms with E-state index in [9.17, 15) is 4.79 Å². The fourth-order valence-corrected chi connectivity index (χ4v) is 3.93. The van der Waals surface area contributed by atoms with Crippen LogP contribution in [0.5, 0.6) is 0 Å². The van der Waals surface area contributed by atoms with Crippen molar-refractivity contribution in [3.05, 3.63) is 0 Å². The summed E-state index contributed by atoms with van der Waals surface area (Å²) in [4.78, 5) is 11.9. The minimum atomic E-state index is 0. The van der Waals surface area contributed by atoms with Crippen LogP contribution in [0.25, 0.3) is 0 Å². The van der Waals surface area contributed by atoms with E-state index in [0.29, 0.717) is 17.9 Å². The molecular weight excluding hydrogens is 236 g/mol. The summed E-state index contributed by atoms with van der Waals surface area (Å²) >= 11 is 0. The van der Waals surface area contributed by atoms with Crippen molar-refractivity contribution < 1.29 is 4.79 Å². The molecule has 0 aromatic heterocycles. The van der Waals surface area contributed by atoms with Gasteiger partial charge in [-0.05, 0) is 50.0 Å². The Morgan fingerprint density at radius 1 is 1.24 bits per heavy atom. The van der Waals surface area contributed by atoms with Gasteiger partial charge in [0.1, 0.15) is 0 Å². The first kappa shape index (κ1) is 13.2. The fourth-order valence-electron chi connectivity index (χ4n) is 3.93. The van der Waals surface area contributed by atoms with Gasteiger partial charge in [-0.25, -0.2) is 0 Å². The SMILES string of the molecule is Cl.O=C(CC1CC2CCC1C2)NC1CCNC1. The lowest BCUT2D eigenvalue weighted by molar-refractivity contribution is -0.123. The van der Waals surface area contributed by atoms with Crippen molar-refractivity contribution in [1.82, 2.24) is 10.6 Å². The van der Waals surface area contributed by atoms with Crippen LogP contribution in [-0.2, 0) is 4.79 Å². The molecule has 0 aromatic rings.